The van der Waals surface area contributed by atoms with E-state index in [1.807, 2.05) is 0 Å². The quantitative estimate of drug-likeness (QED) is 0.281. The summed E-state index contributed by atoms with van der Waals surface area (Å²) in [7, 11) is 0. The van der Waals surface area contributed by atoms with Gasteiger partial charge in [-0.3, -0.25) is 14.4 Å². The highest BCUT2D eigenvalue weighted by Crippen LogP contribution is 2.31. The van der Waals surface area contributed by atoms with Crippen molar-refractivity contribution in [1.29, 1.82) is 0 Å². The Bertz CT molecular complexity index is 1000. The highest BCUT2D eigenvalue weighted by atomic mass is 16.6. The zero-order valence-corrected chi connectivity index (χ0v) is 23.8. The number of ether oxygens (including phenoxy) is 1. The van der Waals surface area contributed by atoms with Crippen LogP contribution in [0.1, 0.15) is 97.7 Å². The summed E-state index contributed by atoms with van der Waals surface area (Å²) in [6.45, 7) is 13.0. The van der Waals surface area contributed by atoms with Crippen LogP contribution < -0.4 is 16.4 Å². The first-order valence-electron chi connectivity index (χ1n) is 13.1. The number of alkyl carbamates (subject to hydrolysis) is 1. The number of carbonyl (C=O) groups excluding carboxylic acids is 4. The van der Waals surface area contributed by atoms with E-state index in [1.165, 1.54) is 4.90 Å². The molecule has 2 atom stereocenters. The molecule has 0 fully saturated rings. The molecule has 0 saturated carbocycles. The van der Waals surface area contributed by atoms with E-state index in [4.69, 9.17) is 16.9 Å². The normalized spacial score (nSPS) is 13.0. The van der Waals surface area contributed by atoms with Crippen LogP contribution in [0.3, 0.4) is 0 Å². The largest absolute Gasteiger partial charge is 0.444 e. The smallest absolute Gasteiger partial charge is 0.408 e. The van der Waals surface area contributed by atoms with Crippen LogP contribution >= 0.6 is 0 Å². The maximum Gasteiger partial charge on any atom is 0.408 e. The number of hydrogen-bond donors (Lipinski definition) is 3. The number of nitrogens with one attached hydrogen (secondary N) is 2. The van der Waals surface area contributed by atoms with Crippen LogP contribution in [-0.2, 0) is 19.1 Å². The van der Waals surface area contributed by atoms with Gasteiger partial charge in [0.1, 0.15) is 17.7 Å². The number of rotatable bonds is 12. The van der Waals surface area contributed by atoms with Crippen LogP contribution in [0.5, 0.6) is 0 Å². The third-order valence-electron chi connectivity index (χ3n) is 5.61. The molecule has 1 rings (SSSR count). The summed E-state index contributed by atoms with van der Waals surface area (Å²) in [5.41, 5.74) is 4.90. The van der Waals surface area contributed by atoms with Gasteiger partial charge in [0.25, 0.3) is 0 Å². The van der Waals surface area contributed by atoms with Gasteiger partial charge >= 0.3 is 6.09 Å². The molecule has 0 bridgehead atoms. The number of benzene rings is 1. The van der Waals surface area contributed by atoms with Gasteiger partial charge in [-0.25, -0.2) is 4.79 Å². The van der Waals surface area contributed by atoms with Crippen LogP contribution in [0.4, 0.5) is 4.79 Å². The van der Waals surface area contributed by atoms with E-state index in [0.29, 0.717) is 17.7 Å². The first-order valence-corrected chi connectivity index (χ1v) is 13.1. The third-order valence-corrected chi connectivity index (χ3v) is 5.61. The second kappa shape index (κ2) is 14.4. The molecule has 4 amide bonds. The second-order valence-corrected chi connectivity index (χ2v) is 11.2. The molecular formula is C29H44N4O5. The lowest BCUT2D eigenvalue weighted by Crippen LogP contribution is -2.58. The molecule has 38 heavy (non-hydrogen) atoms. The number of terminal acetylenes is 1. The third kappa shape index (κ3) is 10.8. The summed E-state index contributed by atoms with van der Waals surface area (Å²) in [6, 6.07) is 4.68. The van der Waals surface area contributed by atoms with Crippen LogP contribution in [-0.4, -0.2) is 52.4 Å². The Hall–Kier alpha value is -3.54. The molecule has 0 radical (unpaired) electrons. The predicted molar refractivity (Wildman–Crippen MR) is 148 cm³/mol. The summed E-state index contributed by atoms with van der Waals surface area (Å²) >= 11 is 0. The predicted octanol–water partition coefficient (Wildman–Crippen LogP) is 3.80. The molecule has 0 aliphatic carbocycles. The highest BCUT2D eigenvalue weighted by Gasteiger charge is 2.41. The maximum atomic E-state index is 14.1. The number of primary amides is 1. The second-order valence-electron chi connectivity index (χ2n) is 11.2. The van der Waals surface area contributed by atoms with E-state index in [-0.39, 0.29) is 18.7 Å². The average molecular weight is 529 g/mol. The standard InChI is InChI=1S/C29H44N4O5/c1-9-11-12-19-31-25(35)24(21-15-13-20(10-2)14-16-21)33(28(3,4)5)26(36)22(17-18-23(30)34)32-27(37)38-29(6,7)8/h2,13-16,22,24H,9,11-12,17-19H2,1,3-8H3,(H2,30,34)(H,31,35)(H,32,37). The van der Waals surface area contributed by atoms with Crippen molar-refractivity contribution < 1.29 is 23.9 Å². The molecule has 9 nitrogen and oxygen atoms in total. The van der Waals surface area contributed by atoms with Gasteiger partial charge < -0.3 is 26.0 Å². The number of nitrogens with two attached hydrogens (primary N) is 1. The van der Waals surface area contributed by atoms with E-state index < -0.39 is 41.1 Å². The minimum atomic E-state index is -1.16. The number of hydrogen-bond acceptors (Lipinski definition) is 5. The summed E-state index contributed by atoms with van der Waals surface area (Å²) in [4.78, 5) is 53.4. The summed E-state index contributed by atoms with van der Waals surface area (Å²) in [5, 5.41) is 5.54. The number of unbranched alkanes of at least 4 members (excludes halogenated alkanes) is 2. The Morgan fingerprint density at radius 2 is 1.66 bits per heavy atom. The molecule has 1 aromatic carbocycles. The Labute approximate surface area is 227 Å². The van der Waals surface area contributed by atoms with Crippen molar-refractivity contribution in [3.8, 4) is 12.3 Å². The van der Waals surface area contributed by atoms with Gasteiger partial charge in [0.2, 0.25) is 17.7 Å². The Kier molecular flexibility index (Phi) is 12.3. The average Bonchev–Trinajstić information content (AvgIpc) is 2.80. The van der Waals surface area contributed by atoms with Crippen molar-refractivity contribution in [2.45, 2.75) is 104 Å². The molecule has 0 saturated heterocycles. The van der Waals surface area contributed by atoms with Crippen molar-refractivity contribution in [2.75, 3.05) is 6.54 Å². The molecule has 210 valence electrons. The molecule has 0 aliphatic heterocycles. The maximum absolute atomic E-state index is 14.1. The minimum Gasteiger partial charge on any atom is -0.444 e. The van der Waals surface area contributed by atoms with E-state index in [0.717, 1.165) is 19.3 Å². The zero-order valence-electron chi connectivity index (χ0n) is 23.8. The SMILES string of the molecule is C#Cc1ccc(C(C(=O)NCCCCC)N(C(=O)C(CCC(N)=O)NC(=O)OC(C)(C)C)C(C)(C)C)cc1. The summed E-state index contributed by atoms with van der Waals surface area (Å²) in [5.74, 6) is 1.03. The molecule has 0 aliphatic rings. The first-order chi connectivity index (χ1) is 17.6. The molecule has 0 spiro atoms. The highest BCUT2D eigenvalue weighted by molar-refractivity contribution is 5.93. The van der Waals surface area contributed by atoms with Gasteiger partial charge in [-0.2, -0.15) is 0 Å². The van der Waals surface area contributed by atoms with Crippen LogP contribution in [0.2, 0.25) is 0 Å². The van der Waals surface area contributed by atoms with Gasteiger partial charge in [0.05, 0.1) is 0 Å². The van der Waals surface area contributed by atoms with Gasteiger partial charge in [0, 0.05) is 24.1 Å². The van der Waals surface area contributed by atoms with E-state index >= 15 is 0 Å². The molecule has 0 heterocycles. The topological polar surface area (TPSA) is 131 Å². The molecule has 9 heteroatoms. The molecule has 2 unspecified atom stereocenters. The minimum absolute atomic E-state index is 0.0547. The fourth-order valence-corrected chi connectivity index (χ4v) is 3.87. The number of nitrogens with zero attached hydrogens (tertiary/aromatic N) is 1. The molecule has 0 aromatic heterocycles. The monoisotopic (exact) mass is 528 g/mol. The van der Waals surface area contributed by atoms with Crippen molar-refractivity contribution in [1.82, 2.24) is 15.5 Å². The Balaban J connectivity index is 3.53. The Morgan fingerprint density at radius 3 is 2.13 bits per heavy atom. The number of carbonyl (C=O) groups is 4. The lowest BCUT2D eigenvalue weighted by Gasteiger charge is -2.43. The van der Waals surface area contributed by atoms with Crippen molar-refractivity contribution in [2.24, 2.45) is 5.73 Å². The van der Waals surface area contributed by atoms with Gasteiger partial charge in [-0.1, -0.05) is 37.8 Å². The van der Waals surface area contributed by atoms with Crippen LogP contribution in [0, 0.1) is 12.3 Å². The van der Waals surface area contributed by atoms with Crippen molar-refractivity contribution >= 4 is 23.8 Å². The van der Waals surface area contributed by atoms with Gasteiger partial charge in [-0.15, -0.1) is 6.42 Å². The van der Waals surface area contributed by atoms with Crippen LogP contribution in [0.25, 0.3) is 0 Å². The van der Waals surface area contributed by atoms with E-state index in [2.05, 4.69) is 23.5 Å². The van der Waals surface area contributed by atoms with Crippen molar-refractivity contribution in [3.05, 3.63) is 35.4 Å². The van der Waals surface area contributed by atoms with Gasteiger partial charge in [-0.05, 0) is 72.1 Å². The van der Waals surface area contributed by atoms with Crippen molar-refractivity contribution in [3.63, 3.8) is 0 Å². The molecular weight excluding hydrogens is 484 g/mol. The fourth-order valence-electron chi connectivity index (χ4n) is 3.87. The fraction of sp³-hybridized carbons (Fsp3) is 0.586. The van der Waals surface area contributed by atoms with Gasteiger partial charge in [0.15, 0.2) is 0 Å². The zero-order chi connectivity index (χ0) is 29.1. The summed E-state index contributed by atoms with van der Waals surface area (Å²) < 4.78 is 5.35. The van der Waals surface area contributed by atoms with E-state index in [1.54, 1.807) is 65.8 Å². The van der Waals surface area contributed by atoms with E-state index in [9.17, 15) is 19.2 Å². The lowest BCUT2D eigenvalue weighted by atomic mass is 9.94. The summed E-state index contributed by atoms with van der Waals surface area (Å²) in [6.07, 6.45) is 7.26. The molecule has 4 N–H and O–H groups in total. The van der Waals surface area contributed by atoms with Crippen LogP contribution in [0.15, 0.2) is 24.3 Å². The molecule has 1 aromatic rings. The first kappa shape index (κ1) is 32.5. The number of amides is 4. The lowest BCUT2D eigenvalue weighted by molar-refractivity contribution is -0.148. The Morgan fingerprint density at radius 1 is 1.05 bits per heavy atom.